The second kappa shape index (κ2) is 10.2. The van der Waals surface area contributed by atoms with E-state index in [4.69, 9.17) is 11.6 Å². The van der Waals surface area contributed by atoms with Gasteiger partial charge in [-0.25, -0.2) is 0 Å². The fourth-order valence-corrected chi connectivity index (χ4v) is 4.92. The van der Waals surface area contributed by atoms with Crippen molar-refractivity contribution in [2.75, 3.05) is 0 Å². The van der Waals surface area contributed by atoms with Gasteiger partial charge < -0.3 is 15.3 Å². The zero-order chi connectivity index (χ0) is 25.1. The highest BCUT2D eigenvalue weighted by molar-refractivity contribution is 6.30. The molecule has 0 saturated heterocycles. The van der Waals surface area contributed by atoms with E-state index >= 15 is 0 Å². The number of aromatic hydroxyl groups is 3. The second-order valence-electron chi connectivity index (χ2n) is 8.86. The molecule has 36 heavy (non-hydrogen) atoms. The molecule has 0 radical (unpaired) electrons. The number of phenols is 3. The van der Waals surface area contributed by atoms with Gasteiger partial charge in [0.2, 0.25) is 0 Å². The van der Waals surface area contributed by atoms with Gasteiger partial charge in [-0.1, -0.05) is 84.4 Å². The minimum atomic E-state index is -0.0708. The first-order valence-electron chi connectivity index (χ1n) is 11.7. The van der Waals surface area contributed by atoms with Crippen molar-refractivity contribution in [3.8, 4) is 17.2 Å². The molecule has 0 aliphatic rings. The van der Waals surface area contributed by atoms with Crippen molar-refractivity contribution in [1.29, 1.82) is 0 Å². The lowest BCUT2D eigenvalue weighted by Crippen LogP contribution is -2.06. The van der Waals surface area contributed by atoms with E-state index in [1.807, 2.05) is 54.6 Å². The summed E-state index contributed by atoms with van der Waals surface area (Å²) in [5, 5.41) is 30.1. The van der Waals surface area contributed by atoms with Crippen molar-refractivity contribution in [2.24, 2.45) is 0 Å². The maximum Gasteiger partial charge on any atom is 0.115 e. The molecule has 0 saturated carbocycles. The van der Waals surface area contributed by atoms with Crippen LogP contribution in [0.15, 0.2) is 121 Å². The van der Waals surface area contributed by atoms with Gasteiger partial charge in [-0.05, 0) is 81.9 Å². The van der Waals surface area contributed by atoms with E-state index in [9.17, 15) is 15.3 Å². The molecule has 5 aromatic carbocycles. The molecule has 5 rings (SSSR count). The van der Waals surface area contributed by atoms with Gasteiger partial charge in [0.15, 0.2) is 0 Å². The molecule has 0 aliphatic carbocycles. The fourth-order valence-electron chi connectivity index (χ4n) is 4.72. The highest BCUT2D eigenvalue weighted by Crippen LogP contribution is 2.37. The first-order valence-corrected chi connectivity index (χ1v) is 12.1. The third-order valence-corrected chi connectivity index (χ3v) is 6.70. The van der Waals surface area contributed by atoms with Gasteiger partial charge >= 0.3 is 0 Å². The van der Waals surface area contributed by atoms with Gasteiger partial charge in [0.25, 0.3) is 0 Å². The van der Waals surface area contributed by atoms with Crippen molar-refractivity contribution in [2.45, 2.75) is 11.8 Å². The number of benzene rings is 5. The molecule has 0 amide bonds. The van der Waals surface area contributed by atoms with Gasteiger partial charge in [-0.15, -0.1) is 0 Å². The summed E-state index contributed by atoms with van der Waals surface area (Å²) < 4.78 is 0. The minimum Gasteiger partial charge on any atom is -0.508 e. The summed E-state index contributed by atoms with van der Waals surface area (Å²) in [6, 6.07) is 38.1. The third-order valence-electron chi connectivity index (χ3n) is 6.46. The summed E-state index contributed by atoms with van der Waals surface area (Å²) in [6.07, 6.45) is 0. The monoisotopic (exact) mass is 492 g/mol. The van der Waals surface area contributed by atoms with E-state index in [2.05, 4.69) is 30.3 Å². The van der Waals surface area contributed by atoms with Crippen LogP contribution in [0.3, 0.4) is 0 Å². The Morgan fingerprint density at radius 2 is 0.694 bits per heavy atom. The Bertz CT molecular complexity index is 1400. The molecule has 0 aromatic heterocycles. The van der Waals surface area contributed by atoms with Crippen molar-refractivity contribution < 1.29 is 15.3 Å². The molecule has 4 heteroatoms. The van der Waals surface area contributed by atoms with Crippen molar-refractivity contribution >= 4 is 11.6 Å². The number of halogens is 1. The molecule has 178 valence electrons. The molecule has 0 heterocycles. The summed E-state index contributed by atoms with van der Waals surface area (Å²) in [4.78, 5) is 0. The third kappa shape index (κ3) is 5.07. The second-order valence-corrected chi connectivity index (χ2v) is 9.30. The quantitative estimate of drug-likeness (QED) is 0.212. The number of phenolic OH excluding ortho intramolecular Hbond substituents is 3. The van der Waals surface area contributed by atoms with Crippen LogP contribution in [0.25, 0.3) is 0 Å². The van der Waals surface area contributed by atoms with Gasteiger partial charge in [0, 0.05) is 16.9 Å². The van der Waals surface area contributed by atoms with Crippen LogP contribution in [-0.4, -0.2) is 15.3 Å². The smallest absolute Gasteiger partial charge is 0.115 e. The Kier molecular flexibility index (Phi) is 6.66. The summed E-state index contributed by atoms with van der Waals surface area (Å²) in [5.74, 6) is 0.538. The Morgan fingerprint density at radius 1 is 0.389 bits per heavy atom. The average Bonchev–Trinajstić information content (AvgIpc) is 2.89. The van der Waals surface area contributed by atoms with Crippen molar-refractivity contribution in [3.63, 3.8) is 0 Å². The van der Waals surface area contributed by atoms with E-state index in [0.29, 0.717) is 5.02 Å². The lowest BCUT2D eigenvalue weighted by Gasteiger charge is -2.22. The predicted molar refractivity (Wildman–Crippen MR) is 144 cm³/mol. The van der Waals surface area contributed by atoms with E-state index in [1.54, 1.807) is 36.4 Å². The molecule has 1 unspecified atom stereocenters. The molecule has 1 atom stereocenters. The highest BCUT2D eigenvalue weighted by atomic mass is 35.5. The van der Waals surface area contributed by atoms with Gasteiger partial charge in [0.1, 0.15) is 17.2 Å². The topological polar surface area (TPSA) is 60.7 Å². The van der Waals surface area contributed by atoms with Gasteiger partial charge in [0.05, 0.1) is 0 Å². The lowest BCUT2D eigenvalue weighted by molar-refractivity contribution is 0.474. The van der Waals surface area contributed by atoms with Crippen LogP contribution in [0, 0.1) is 0 Å². The summed E-state index contributed by atoms with van der Waals surface area (Å²) >= 11 is 6.34. The van der Waals surface area contributed by atoms with Crippen molar-refractivity contribution in [3.05, 3.63) is 160 Å². The molecule has 0 aliphatic heterocycles. The maximum absolute atomic E-state index is 9.82. The standard InChI is InChI=1S/C32H25ClO3/c33-27-3-1-2-26(20-27)32(25-12-18-30(36)19-13-25)22-6-4-21(5-7-22)31(23-8-14-28(34)15-9-23)24-10-16-29(35)17-11-24/h1-20,31-32,34-36H. The molecular weight excluding hydrogens is 468 g/mol. The van der Waals surface area contributed by atoms with Crippen LogP contribution >= 0.6 is 11.6 Å². The van der Waals surface area contributed by atoms with E-state index in [1.165, 1.54) is 0 Å². The van der Waals surface area contributed by atoms with Crippen LogP contribution < -0.4 is 0 Å². The van der Waals surface area contributed by atoms with E-state index in [-0.39, 0.29) is 29.1 Å². The molecule has 5 aromatic rings. The Hall–Kier alpha value is -4.21. The summed E-state index contributed by atoms with van der Waals surface area (Å²) in [5.41, 5.74) is 6.38. The van der Waals surface area contributed by atoms with E-state index < -0.39 is 0 Å². The number of hydrogen-bond donors (Lipinski definition) is 3. The van der Waals surface area contributed by atoms with Crippen LogP contribution in [0.5, 0.6) is 17.2 Å². The number of hydrogen-bond acceptors (Lipinski definition) is 3. The molecular formula is C32H25ClO3. The maximum atomic E-state index is 9.82. The average molecular weight is 493 g/mol. The Morgan fingerprint density at radius 3 is 1.03 bits per heavy atom. The Labute approximate surface area is 215 Å². The Balaban J connectivity index is 1.58. The predicted octanol–water partition coefficient (Wildman–Crippen LogP) is 7.82. The first-order chi connectivity index (χ1) is 17.5. The SMILES string of the molecule is Oc1ccc(C(c2ccc(O)cc2)c2ccc(C(c3ccc(O)cc3)c3cccc(Cl)c3)cc2)cc1. The van der Waals surface area contributed by atoms with Crippen molar-refractivity contribution in [1.82, 2.24) is 0 Å². The van der Waals surface area contributed by atoms with Gasteiger partial charge in [-0.2, -0.15) is 0 Å². The highest BCUT2D eigenvalue weighted by Gasteiger charge is 2.20. The summed E-state index contributed by atoms with van der Waals surface area (Å²) in [6.45, 7) is 0. The molecule has 3 nitrogen and oxygen atoms in total. The number of rotatable bonds is 6. The van der Waals surface area contributed by atoms with Crippen LogP contribution in [0.4, 0.5) is 0 Å². The zero-order valence-corrected chi connectivity index (χ0v) is 20.2. The molecule has 0 bridgehead atoms. The lowest BCUT2D eigenvalue weighted by atomic mass is 9.81. The van der Waals surface area contributed by atoms with E-state index in [0.717, 1.165) is 33.4 Å². The first kappa shape index (κ1) is 23.5. The van der Waals surface area contributed by atoms with Crippen LogP contribution in [-0.2, 0) is 0 Å². The van der Waals surface area contributed by atoms with Crippen LogP contribution in [0.1, 0.15) is 45.2 Å². The normalized spacial score (nSPS) is 11.9. The molecule has 3 N–H and O–H groups in total. The largest absolute Gasteiger partial charge is 0.508 e. The minimum absolute atomic E-state index is 0.0563. The molecule has 0 fully saturated rings. The molecule has 0 spiro atoms. The van der Waals surface area contributed by atoms with Crippen LogP contribution in [0.2, 0.25) is 5.02 Å². The zero-order valence-electron chi connectivity index (χ0n) is 19.4. The van der Waals surface area contributed by atoms with Gasteiger partial charge in [-0.3, -0.25) is 0 Å². The summed E-state index contributed by atoms with van der Waals surface area (Å²) in [7, 11) is 0. The fraction of sp³-hybridized carbons (Fsp3) is 0.0625.